The number of carbonyl (C=O) groups excluding carboxylic acids is 1. The number of rotatable bonds is 3. The Balaban J connectivity index is 1.96. The maximum absolute atomic E-state index is 12.7. The summed E-state index contributed by atoms with van der Waals surface area (Å²) in [5.41, 5.74) is 0.266. The molecule has 0 radical (unpaired) electrons. The predicted octanol–water partition coefficient (Wildman–Crippen LogP) is 2.43. The molecule has 0 saturated carbocycles. The summed E-state index contributed by atoms with van der Waals surface area (Å²) in [5, 5.41) is 0.795. The number of nitrogens with one attached hydrogen (secondary N) is 1. The molecule has 1 aliphatic rings. The van der Waals surface area contributed by atoms with Crippen LogP contribution in [-0.2, 0) is 9.47 Å². The van der Waals surface area contributed by atoms with Gasteiger partial charge >= 0.3 is 0 Å². The standard InChI is InChI=1S/C16H16BrClN2O4/c1-23-8-10-7-20(2-3-24-10)16(22)12-6-19-14-11(15(12)21)4-9(17)5-13(14)18/h4-6,10H,2-3,7-8H2,1H3,(H,19,21)/t10-/m1/s1. The summed E-state index contributed by atoms with van der Waals surface area (Å²) in [6.45, 7) is 1.65. The average Bonchev–Trinajstić information content (AvgIpc) is 2.56. The van der Waals surface area contributed by atoms with Gasteiger partial charge in [0.1, 0.15) is 5.56 Å². The number of carbonyl (C=O) groups is 1. The van der Waals surface area contributed by atoms with E-state index in [0.717, 1.165) is 0 Å². The molecule has 0 spiro atoms. The molecule has 0 aliphatic carbocycles. The molecule has 24 heavy (non-hydrogen) atoms. The first-order chi connectivity index (χ1) is 11.5. The van der Waals surface area contributed by atoms with Crippen LogP contribution < -0.4 is 5.43 Å². The molecule has 1 atom stereocenters. The van der Waals surface area contributed by atoms with Gasteiger partial charge in [-0.2, -0.15) is 0 Å². The molecule has 128 valence electrons. The van der Waals surface area contributed by atoms with Crippen LogP contribution in [0.5, 0.6) is 0 Å². The Labute approximate surface area is 151 Å². The van der Waals surface area contributed by atoms with E-state index in [1.54, 1.807) is 24.1 Å². The van der Waals surface area contributed by atoms with E-state index in [9.17, 15) is 9.59 Å². The minimum atomic E-state index is -0.341. The Hall–Kier alpha value is -1.41. The predicted molar refractivity (Wildman–Crippen MR) is 94.8 cm³/mol. The molecule has 1 saturated heterocycles. The summed E-state index contributed by atoms with van der Waals surface area (Å²) in [7, 11) is 1.58. The van der Waals surface area contributed by atoms with Crippen LogP contribution >= 0.6 is 27.5 Å². The molecule has 1 aliphatic heterocycles. The van der Waals surface area contributed by atoms with Crippen LogP contribution in [0.2, 0.25) is 5.02 Å². The van der Waals surface area contributed by atoms with Crippen molar-refractivity contribution in [2.24, 2.45) is 0 Å². The van der Waals surface area contributed by atoms with Crippen LogP contribution in [-0.4, -0.2) is 55.3 Å². The summed E-state index contributed by atoms with van der Waals surface area (Å²) in [6, 6.07) is 3.35. The van der Waals surface area contributed by atoms with Crippen molar-refractivity contribution < 1.29 is 14.3 Å². The fourth-order valence-corrected chi connectivity index (χ4v) is 3.64. The van der Waals surface area contributed by atoms with Gasteiger partial charge in [-0.05, 0) is 12.1 Å². The molecular formula is C16H16BrClN2O4. The Kier molecular flexibility index (Phi) is 5.24. The smallest absolute Gasteiger partial charge is 0.259 e. The van der Waals surface area contributed by atoms with Crippen molar-refractivity contribution in [2.75, 3.05) is 33.4 Å². The molecule has 8 heteroatoms. The Morgan fingerprint density at radius 1 is 1.54 bits per heavy atom. The SMILES string of the molecule is COC[C@H]1CN(C(=O)c2c[nH]c3c(Cl)cc(Br)cc3c2=O)CCO1. The number of halogens is 2. The number of amides is 1. The van der Waals surface area contributed by atoms with Crippen LogP contribution in [0.4, 0.5) is 0 Å². The van der Waals surface area contributed by atoms with E-state index >= 15 is 0 Å². The van der Waals surface area contributed by atoms with Gasteiger partial charge in [-0.25, -0.2) is 0 Å². The van der Waals surface area contributed by atoms with E-state index in [4.69, 9.17) is 21.1 Å². The molecule has 2 aromatic rings. The Morgan fingerprint density at radius 3 is 3.08 bits per heavy atom. The molecule has 1 fully saturated rings. The van der Waals surface area contributed by atoms with Crippen molar-refractivity contribution in [3.8, 4) is 0 Å². The van der Waals surface area contributed by atoms with E-state index in [0.29, 0.717) is 46.7 Å². The van der Waals surface area contributed by atoms with Gasteiger partial charge in [-0.3, -0.25) is 9.59 Å². The molecule has 3 rings (SSSR count). The summed E-state index contributed by atoms with van der Waals surface area (Å²) in [4.78, 5) is 30.0. The fourth-order valence-electron chi connectivity index (χ4n) is 2.77. The number of hydrogen-bond donors (Lipinski definition) is 1. The second kappa shape index (κ2) is 7.23. The minimum Gasteiger partial charge on any atom is -0.382 e. The maximum Gasteiger partial charge on any atom is 0.259 e. The third kappa shape index (κ3) is 3.35. The van der Waals surface area contributed by atoms with Gasteiger partial charge in [0.15, 0.2) is 0 Å². The molecular weight excluding hydrogens is 400 g/mol. The van der Waals surface area contributed by atoms with Gasteiger partial charge in [0, 0.05) is 36.3 Å². The number of pyridine rings is 1. The highest BCUT2D eigenvalue weighted by Crippen LogP contribution is 2.25. The first-order valence-electron chi connectivity index (χ1n) is 7.41. The largest absolute Gasteiger partial charge is 0.382 e. The molecule has 2 heterocycles. The van der Waals surface area contributed by atoms with Gasteiger partial charge < -0.3 is 19.4 Å². The van der Waals surface area contributed by atoms with Crippen molar-refractivity contribution in [1.29, 1.82) is 0 Å². The van der Waals surface area contributed by atoms with E-state index in [-0.39, 0.29) is 23.0 Å². The van der Waals surface area contributed by atoms with Crippen LogP contribution in [0.15, 0.2) is 27.6 Å². The van der Waals surface area contributed by atoms with Gasteiger partial charge in [-0.1, -0.05) is 27.5 Å². The van der Waals surface area contributed by atoms with Crippen LogP contribution in [0.3, 0.4) is 0 Å². The van der Waals surface area contributed by atoms with Gasteiger partial charge in [0.25, 0.3) is 5.91 Å². The third-order valence-corrected chi connectivity index (χ3v) is 4.67. The lowest BCUT2D eigenvalue weighted by atomic mass is 10.1. The van der Waals surface area contributed by atoms with Crippen molar-refractivity contribution >= 4 is 44.3 Å². The minimum absolute atomic E-state index is 0.0923. The highest BCUT2D eigenvalue weighted by atomic mass is 79.9. The Bertz CT molecular complexity index is 837. The molecule has 1 aromatic heterocycles. The number of methoxy groups -OCH3 is 1. The molecule has 6 nitrogen and oxygen atoms in total. The maximum atomic E-state index is 12.7. The zero-order valence-corrected chi connectivity index (χ0v) is 15.3. The van der Waals surface area contributed by atoms with Crippen molar-refractivity contribution in [3.63, 3.8) is 0 Å². The number of aromatic amines is 1. The monoisotopic (exact) mass is 414 g/mol. The van der Waals surface area contributed by atoms with E-state index < -0.39 is 0 Å². The summed E-state index contributed by atoms with van der Waals surface area (Å²) >= 11 is 9.46. The molecule has 1 N–H and O–H groups in total. The highest BCUT2D eigenvalue weighted by Gasteiger charge is 2.27. The number of nitrogens with zero attached hydrogens (tertiary/aromatic N) is 1. The second-order valence-electron chi connectivity index (χ2n) is 5.54. The lowest BCUT2D eigenvalue weighted by molar-refractivity contribution is -0.0531. The number of fused-ring (bicyclic) bond motifs is 1. The number of hydrogen-bond acceptors (Lipinski definition) is 4. The normalized spacial score (nSPS) is 18.1. The molecule has 0 bridgehead atoms. The van der Waals surface area contributed by atoms with Crippen molar-refractivity contribution in [3.05, 3.63) is 43.6 Å². The lowest BCUT2D eigenvalue weighted by Gasteiger charge is -2.32. The first kappa shape index (κ1) is 17.4. The number of aromatic nitrogens is 1. The fraction of sp³-hybridized carbons (Fsp3) is 0.375. The molecule has 1 amide bonds. The molecule has 1 aromatic carbocycles. The number of benzene rings is 1. The van der Waals surface area contributed by atoms with Crippen LogP contribution in [0.25, 0.3) is 10.9 Å². The molecule has 0 unspecified atom stereocenters. The zero-order valence-electron chi connectivity index (χ0n) is 13.0. The topological polar surface area (TPSA) is 71.6 Å². The lowest BCUT2D eigenvalue weighted by Crippen LogP contribution is -2.48. The van der Waals surface area contributed by atoms with Crippen LogP contribution in [0, 0.1) is 0 Å². The summed E-state index contributed by atoms with van der Waals surface area (Å²) in [6.07, 6.45) is 1.24. The van der Waals surface area contributed by atoms with Crippen molar-refractivity contribution in [1.82, 2.24) is 9.88 Å². The van der Waals surface area contributed by atoms with Gasteiger partial charge in [-0.15, -0.1) is 0 Å². The Morgan fingerprint density at radius 2 is 2.33 bits per heavy atom. The third-order valence-electron chi connectivity index (χ3n) is 3.91. The van der Waals surface area contributed by atoms with E-state index in [2.05, 4.69) is 20.9 Å². The highest BCUT2D eigenvalue weighted by molar-refractivity contribution is 9.10. The first-order valence-corrected chi connectivity index (χ1v) is 8.58. The van der Waals surface area contributed by atoms with Gasteiger partial charge in [0.2, 0.25) is 5.43 Å². The number of ether oxygens (including phenoxy) is 2. The number of morpholine rings is 1. The van der Waals surface area contributed by atoms with Crippen LogP contribution in [0.1, 0.15) is 10.4 Å². The van der Waals surface area contributed by atoms with E-state index in [1.807, 2.05) is 0 Å². The quantitative estimate of drug-likeness (QED) is 0.836. The summed E-state index contributed by atoms with van der Waals surface area (Å²) in [5.74, 6) is -0.321. The van der Waals surface area contributed by atoms with E-state index in [1.165, 1.54) is 6.20 Å². The van der Waals surface area contributed by atoms with Gasteiger partial charge in [0.05, 0.1) is 29.9 Å². The number of H-pyrrole nitrogens is 1. The summed E-state index contributed by atoms with van der Waals surface area (Å²) < 4.78 is 11.3. The second-order valence-corrected chi connectivity index (χ2v) is 6.86. The average molecular weight is 416 g/mol. The zero-order chi connectivity index (χ0) is 17.3. The van der Waals surface area contributed by atoms with Crippen molar-refractivity contribution in [2.45, 2.75) is 6.10 Å².